The van der Waals surface area contributed by atoms with Gasteiger partial charge in [-0.05, 0) is 54.7 Å². The minimum absolute atomic E-state index is 0.0222. The van der Waals surface area contributed by atoms with Crippen LogP contribution in [0.3, 0.4) is 0 Å². The molecule has 1 aliphatic heterocycles. The molecule has 2 fully saturated rings. The lowest BCUT2D eigenvalue weighted by atomic mass is 9.91. The maximum absolute atomic E-state index is 12.2. The van der Waals surface area contributed by atoms with Crippen LogP contribution in [0.2, 0.25) is 36.3 Å². The molecule has 1 heterocycles. The Bertz CT molecular complexity index is 911. The summed E-state index contributed by atoms with van der Waals surface area (Å²) in [4.78, 5) is 12.2. The number of rotatable bonds is 9. The molecule has 1 saturated heterocycles. The van der Waals surface area contributed by atoms with Gasteiger partial charge in [0.05, 0.1) is 18.6 Å². The Morgan fingerprint density at radius 1 is 1.00 bits per heavy atom. The van der Waals surface area contributed by atoms with Crippen LogP contribution in [-0.2, 0) is 24.8 Å². The molecule has 36 heavy (non-hydrogen) atoms. The van der Waals surface area contributed by atoms with Gasteiger partial charge in [-0.3, -0.25) is 4.79 Å². The number of fused-ring (bicyclic) bond motifs is 1. The molecule has 0 amide bonds. The van der Waals surface area contributed by atoms with Crippen molar-refractivity contribution in [3.8, 4) is 0 Å². The number of carbonyl (C=O) groups excluding carboxylic acids is 1. The van der Waals surface area contributed by atoms with Gasteiger partial charge in [-0.15, -0.1) is 0 Å². The molecule has 1 aliphatic carbocycles. The van der Waals surface area contributed by atoms with E-state index in [4.69, 9.17) is 13.6 Å². The molecule has 0 radical (unpaired) electrons. The second kappa shape index (κ2) is 10.9. The molecule has 2 aliphatic rings. The second-order valence-corrected chi connectivity index (χ2v) is 23.5. The highest BCUT2D eigenvalue weighted by Gasteiger charge is 2.52. The van der Waals surface area contributed by atoms with Crippen molar-refractivity contribution in [2.45, 2.75) is 122 Å². The van der Waals surface area contributed by atoms with Crippen LogP contribution in [0, 0.1) is 11.8 Å². The highest BCUT2D eigenvalue weighted by Crippen LogP contribution is 2.47. The molecular weight excluding hydrogens is 480 g/mol. The quantitative estimate of drug-likeness (QED) is 0.185. The normalized spacial score (nSPS) is 26.3. The Labute approximate surface area is 222 Å². The van der Waals surface area contributed by atoms with E-state index in [2.05, 4.69) is 110 Å². The lowest BCUT2D eigenvalue weighted by Gasteiger charge is -2.40. The molecule has 0 N–H and O–H groups in total. The third-order valence-corrected chi connectivity index (χ3v) is 18.2. The van der Waals surface area contributed by atoms with E-state index in [1.165, 1.54) is 5.56 Å². The summed E-state index contributed by atoms with van der Waals surface area (Å²) in [5, 5.41) is 0.281. The first-order chi connectivity index (χ1) is 16.5. The maximum Gasteiger partial charge on any atom is 0.306 e. The van der Waals surface area contributed by atoms with Crippen molar-refractivity contribution in [1.29, 1.82) is 0 Å². The Morgan fingerprint density at radius 2 is 1.61 bits per heavy atom. The Kier molecular flexibility index (Phi) is 8.86. The summed E-state index contributed by atoms with van der Waals surface area (Å²) in [6.07, 6.45) is 7.94. The zero-order valence-corrected chi connectivity index (χ0v) is 26.4. The monoisotopic (exact) mass is 530 g/mol. The molecule has 0 unspecified atom stereocenters. The number of carbonyl (C=O) groups is 1. The summed E-state index contributed by atoms with van der Waals surface area (Å²) < 4.78 is 19.6. The first-order valence-electron chi connectivity index (χ1n) is 13.8. The first-order valence-corrected chi connectivity index (χ1v) is 19.6. The highest BCUT2D eigenvalue weighted by molar-refractivity contribution is 6.74. The molecule has 202 valence electrons. The standard InChI is InChI=1S/C30H50O4Si2/c1-29(2,3)35(7,8)33-23(17-16-22-14-12-11-13-15-22)18-19-24-25-20-28(31)32-26(25)21-27(24)34-36(9,10)30(4,5)6/h11-15,18-19,23-27H,16-17,20-21H2,1-10H3/b19-18+/t23-,24+,25+,26-,27+/m0/s1. The van der Waals surface area contributed by atoms with E-state index in [0.717, 1.165) is 19.3 Å². The predicted octanol–water partition coefficient (Wildman–Crippen LogP) is 7.91. The number of hydrogen-bond acceptors (Lipinski definition) is 4. The van der Waals surface area contributed by atoms with E-state index in [1.54, 1.807) is 0 Å². The second-order valence-electron chi connectivity index (χ2n) is 14.0. The predicted molar refractivity (Wildman–Crippen MR) is 154 cm³/mol. The third-order valence-electron chi connectivity index (χ3n) is 9.16. The van der Waals surface area contributed by atoms with Crippen LogP contribution in [0.4, 0.5) is 0 Å². The van der Waals surface area contributed by atoms with Crippen molar-refractivity contribution in [3.05, 3.63) is 48.0 Å². The van der Waals surface area contributed by atoms with Crippen LogP contribution in [0.1, 0.15) is 66.4 Å². The van der Waals surface area contributed by atoms with Gasteiger partial charge < -0.3 is 13.6 Å². The molecule has 0 spiro atoms. The fourth-order valence-corrected chi connectivity index (χ4v) is 7.47. The number of aryl methyl sites for hydroxylation is 1. The highest BCUT2D eigenvalue weighted by atomic mass is 28.4. The summed E-state index contributed by atoms with van der Waals surface area (Å²) >= 11 is 0. The molecule has 6 heteroatoms. The van der Waals surface area contributed by atoms with Crippen LogP contribution in [0.5, 0.6) is 0 Å². The topological polar surface area (TPSA) is 44.8 Å². The van der Waals surface area contributed by atoms with E-state index in [-0.39, 0.29) is 46.2 Å². The number of hydrogen-bond donors (Lipinski definition) is 0. The Balaban J connectivity index is 1.84. The van der Waals surface area contributed by atoms with Gasteiger partial charge in [0, 0.05) is 18.3 Å². The molecule has 1 aromatic rings. The average molecular weight is 531 g/mol. The van der Waals surface area contributed by atoms with Crippen LogP contribution in [0.25, 0.3) is 0 Å². The summed E-state index contributed by atoms with van der Waals surface area (Å²) in [6, 6.07) is 10.7. The molecule has 1 aromatic carbocycles. The molecule has 5 atom stereocenters. The van der Waals surface area contributed by atoms with Gasteiger partial charge in [0.1, 0.15) is 6.10 Å². The van der Waals surface area contributed by atoms with E-state index < -0.39 is 16.6 Å². The van der Waals surface area contributed by atoms with Gasteiger partial charge >= 0.3 is 5.97 Å². The lowest BCUT2D eigenvalue weighted by molar-refractivity contribution is -0.141. The van der Waals surface area contributed by atoms with Crippen molar-refractivity contribution in [2.24, 2.45) is 11.8 Å². The van der Waals surface area contributed by atoms with Crippen molar-refractivity contribution in [2.75, 3.05) is 0 Å². The minimum atomic E-state index is -1.95. The van der Waals surface area contributed by atoms with Gasteiger partial charge in [-0.1, -0.05) is 84.0 Å². The summed E-state index contributed by atoms with van der Waals surface area (Å²) in [5.74, 6) is 0.316. The zero-order valence-electron chi connectivity index (χ0n) is 24.4. The molecule has 3 rings (SSSR count). The van der Waals surface area contributed by atoms with Gasteiger partial charge in [-0.25, -0.2) is 0 Å². The Hall–Kier alpha value is -1.22. The van der Waals surface area contributed by atoms with Crippen molar-refractivity contribution in [3.63, 3.8) is 0 Å². The van der Waals surface area contributed by atoms with Crippen LogP contribution < -0.4 is 0 Å². The van der Waals surface area contributed by atoms with Gasteiger partial charge in [0.25, 0.3) is 0 Å². The van der Waals surface area contributed by atoms with Crippen LogP contribution >= 0.6 is 0 Å². The van der Waals surface area contributed by atoms with Crippen molar-refractivity contribution in [1.82, 2.24) is 0 Å². The molecular formula is C30H50O4Si2. The summed E-state index contributed by atoms with van der Waals surface area (Å²) in [7, 11) is -3.91. The number of ether oxygens (including phenoxy) is 1. The van der Waals surface area contributed by atoms with Crippen LogP contribution in [0.15, 0.2) is 42.5 Å². The molecule has 1 saturated carbocycles. The maximum atomic E-state index is 12.2. The number of benzene rings is 1. The van der Waals surface area contributed by atoms with Crippen molar-refractivity contribution >= 4 is 22.6 Å². The summed E-state index contributed by atoms with van der Waals surface area (Å²) in [6.45, 7) is 23.0. The third kappa shape index (κ3) is 7.00. The largest absolute Gasteiger partial charge is 0.462 e. The molecule has 0 bridgehead atoms. The van der Waals surface area contributed by atoms with Gasteiger partial charge in [0.2, 0.25) is 0 Å². The SMILES string of the molecule is CC(C)(C)[Si](C)(C)O[C@H](/C=C/[C@@H]1[C@H]2CC(=O)O[C@H]2C[C@H]1O[Si](C)(C)C(C)(C)C)CCc1ccccc1. The fourth-order valence-electron chi connectivity index (χ4n) is 4.80. The smallest absolute Gasteiger partial charge is 0.306 e. The van der Waals surface area contributed by atoms with E-state index in [1.807, 2.05) is 0 Å². The van der Waals surface area contributed by atoms with E-state index in [0.29, 0.717) is 6.42 Å². The van der Waals surface area contributed by atoms with Gasteiger partial charge in [-0.2, -0.15) is 0 Å². The van der Waals surface area contributed by atoms with E-state index >= 15 is 0 Å². The lowest BCUT2D eigenvalue weighted by Crippen LogP contribution is -2.45. The fraction of sp³-hybridized carbons (Fsp3) is 0.700. The molecule has 4 nitrogen and oxygen atoms in total. The first kappa shape index (κ1) is 29.3. The zero-order chi connectivity index (χ0) is 26.9. The van der Waals surface area contributed by atoms with Crippen molar-refractivity contribution < 1.29 is 18.4 Å². The average Bonchev–Trinajstić information content (AvgIpc) is 3.24. The van der Waals surface area contributed by atoms with E-state index in [9.17, 15) is 4.79 Å². The molecule has 0 aromatic heterocycles. The van der Waals surface area contributed by atoms with Crippen LogP contribution in [-0.4, -0.2) is 40.9 Å². The number of esters is 1. The van der Waals surface area contributed by atoms with Gasteiger partial charge in [0.15, 0.2) is 16.6 Å². The minimum Gasteiger partial charge on any atom is -0.462 e. The summed E-state index contributed by atoms with van der Waals surface area (Å²) in [5.41, 5.74) is 1.34. The Morgan fingerprint density at radius 3 is 2.19 bits per heavy atom.